The molecule has 273 valence electrons. The number of nitro groups is 2. The first kappa shape index (κ1) is 42.6. The van der Waals surface area contributed by atoms with Crippen LogP contribution < -0.4 is 45.4 Å². The fourth-order valence-corrected chi connectivity index (χ4v) is 5.11. The van der Waals surface area contributed by atoms with E-state index in [1.807, 2.05) is 18.2 Å². The fourth-order valence-electron chi connectivity index (χ4n) is 4.55. The van der Waals surface area contributed by atoms with Crippen LogP contribution in [0.15, 0.2) is 127 Å². The maximum Gasteiger partial charge on any atom is 1.00 e. The van der Waals surface area contributed by atoms with E-state index in [2.05, 4.69) is 30.7 Å². The molecule has 22 heteroatoms. The van der Waals surface area contributed by atoms with Gasteiger partial charge in [0.15, 0.2) is 0 Å². The van der Waals surface area contributed by atoms with Crippen LogP contribution in [-0.2, 0) is 26.8 Å². The zero-order chi connectivity index (χ0) is 37.7. The van der Waals surface area contributed by atoms with Crippen molar-refractivity contribution in [3.05, 3.63) is 133 Å². The van der Waals surface area contributed by atoms with Gasteiger partial charge in [0.2, 0.25) is 0 Å². The molecule has 54 heavy (non-hydrogen) atoms. The molecule has 1 radical (unpaired) electrons. The molecule has 1 heterocycles. The van der Waals surface area contributed by atoms with E-state index < -0.39 is 25.4 Å². The topological polar surface area (TPSA) is 294 Å². The molecule has 5 aromatic carbocycles. The standard InChI is InChI=1S/C16H14N6O6S.C16H11N3O4.Co.Na/c1-9-15(19-18-13-8-11(22(25)26)4-7-14(13)23)16(24)21(20-9)10-2-5-12(6-3-10)29(17,27)28;20-14-8-5-10-3-1-2-4-12(10)16(14)18-17-13-7-6-11(19(22)23)9-15(13)21;;/h2-8H,1H3,(H4,17,18,19,20,23,24,27,28);1-9,20-21H;;/q;;;+1. The molecule has 0 aliphatic carbocycles. The summed E-state index contributed by atoms with van der Waals surface area (Å²) in [6.45, 7) is 1.51. The number of nitrogens with zero attached hydrogens (tertiary/aromatic N) is 8. The SMILES string of the molecule is Cc1[n-]n(-c2ccc(S([NH3+])(=O)=O)cc2)c(=O)c1N=Nc1cc([N+](=O)[O-])ccc1O.O=[N+]([O-])c1ccc(N=Nc2c(O)ccc3ccccc23)c(O)c1.[Co].[Na+]. The first-order valence-corrected chi connectivity index (χ1v) is 16.2. The van der Waals surface area contributed by atoms with Gasteiger partial charge in [0.1, 0.15) is 44.9 Å². The van der Waals surface area contributed by atoms with Gasteiger partial charge in [0.05, 0.1) is 15.9 Å². The number of benzene rings is 5. The van der Waals surface area contributed by atoms with Crippen LogP contribution in [0, 0.1) is 27.2 Å². The molecule has 6 aromatic rings. The zero-order valence-electron chi connectivity index (χ0n) is 28.0. The van der Waals surface area contributed by atoms with Crippen molar-refractivity contribution in [2.24, 2.45) is 20.5 Å². The minimum Gasteiger partial charge on any atom is -0.589 e. The Labute approximate surface area is 336 Å². The summed E-state index contributed by atoms with van der Waals surface area (Å²) in [5.74, 6) is -0.752. The second kappa shape index (κ2) is 17.8. The van der Waals surface area contributed by atoms with Crippen molar-refractivity contribution in [2.75, 3.05) is 0 Å². The molecule has 0 saturated carbocycles. The third-order valence-corrected chi connectivity index (χ3v) is 8.15. The van der Waals surface area contributed by atoms with Gasteiger partial charge in [0.25, 0.3) is 16.9 Å². The van der Waals surface area contributed by atoms with E-state index in [-0.39, 0.29) is 108 Å². The molecule has 19 nitrogen and oxygen atoms in total. The number of phenolic OH excluding ortho intramolecular Hbond substituents is 3. The van der Waals surface area contributed by atoms with Crippen LogP contribution in [0.2, 0.25) is 0 Å². The molecule has 1 aromatic heterocycles. The molecule has 0 unspecified atom stereocenters. The van der Waals surface area contributed by atoms with Gasteiger partial charge in [-0.15, -0.1) is 26.2 Å². The third-order valence-electron chi connectivity index (χ3n) is 7.16. The second-order valence-electron chi connectivity index (χ2n) is 10.7. The summed E-state index contributed by atoms with van der Waals surface area (Å²) in [6.07, 6.45) is 0. The Morgan fingerprint density at radius 1 is 0.722 bits per heavy atom. The number of quaternary nitrogens is 1. The van der Waals surface area contributed by atoms with E-state index in [1.165, 1.54) is 49.4 Å². The maximum atomic E-state index is 12.6. The summed E-state index contributed by atoms with van der Waals surface area (Å²) in [5, 5.41) is 75.1. The van der Waals surface area contributed by atoms with Crippen molar-refractivity contribution in [2.45, 2.75) is 11.8 Å². The number of fused-ring (bicyclic) bond motifs is 1. The monoisotopic (exact) mass is 809 g/mol. The van der Waals surface area contributed by atoms with Crippen molar-refractivity contribution in [1.82, 2.24) is 9.78 Å². The molecule has 6 rings (SSSR count). The van der Waals surface area contributed by atoms with E-state index in [9.17, 15) is 48.8 Å². The van der Waals surface area contributed by atoms with Gasteiger partial charge < -0.3 is 25.1 Å². The Balaban J connectivity index is 0.000000287. The summed E-state index contributed by atoms with van der Waals surface area (Å²) >= 11 is 0. The number of aromatic hydroxyl groups is 3. The number of aromatic nitrogens is 2. The predicted octanol–water partition coefficient (Wildman–Crippen LogP) is 2.64. The number of rotatable bonds is 8. The normalized spacial score (nSPS) is 11.1. The average molecular weight is 810 g/mol. The molecule has 0 aliphatic rings. The Morgan fingerprint density at radius 3 is 1.93 bits per heavy atom. The van der Waals surface area contributed by atoms with E-state index >= 15 is 0 Å². The van der Waals surface area contributed by atoms with Crippen LogP contribution in [0.4, 0.5) is 34.1 Å². The van der Waals surface area contributed by atoms with Crippen LogP contribution in [0.1, 0.15) is 5.69 Å². The van der Waals surface area contributed by atoms with E-state index in [0.29, 0.717) is 11.1 Å². The van der Waals surface area contributed by atoms with E-state index in [4.69, 9.17) is 0 Å². The van der Waals surface area contributed by atoms with Crippen molar-refractivity contribution in [3.8, 4) is 22.9 Å². The number of hydrogen-bond acceptors (Lipinski definition) is 14. The van der Waals surface area contributed by atoms with Crippen LogP contribution in [0.5, 0.6) is 17.2 Å². The molecule has 0 fully saturated rings. The van der Waals surface area contributed by atoms with Gasteiger partial charge >= 0.3 is 39.6 Å². The molecule has 0 aliphatic heterocycles. The van der Waals surface area contributed by atoms with E-state index in [0.717, 1.165) is 34.3 Å². The molecule has 6 N–H and O–H groups in total. The average Bonchev–Trinajstić information content (AvgIpc) is 3.39. The Hall–Kier alpha value is -5.81. The van der Waals surface area contributed by atoms with Crippen molar-refractivity contribution >= 4 is 54.9 Å². The van der Waals surface area contributed by atoms with Gasteiger partial charge in [-0.25, -0.2) is 5.14 Å². The summed E-state index contributed by atoms with van der Waals surface area (Å²) in [6, 6.07) is 22.7. The molecule has 0 atom stereocenters. The quantitative estimate of drug-likeness (QED) is 0.0750. The second-order valence-corrected chi connectivity index (χ2v) is 12.4. The molecule has 0 bridgehead atoms. The van der Waals surface area contributed by atoms with Gasteiger partial charge in [-0.3, -0.25) is 25.0 Å². The molecule has 0 amide bonds. The van der Waals surface area contributed by atoms with Crippen LogP contribution >= 0.6 is 0 Å². The van der Waals surface area contributed by atoms with Crippen molar-refractivity contribution in [1.29, 1.82) is 0 Å². The first-order chi connectivity index (χ1) is 24.6. The number of hydrogen-bond donors (Lipinski definition) is 4. The van der Waals surface area contributed by atoms with Gasteiger partial charge in [-0.2, -0.15) is 8.42 Å². The summed E-state index contributed by atoms with van der Waals surface area (Å²) in [4.78, 5) is 32.8. The Kier molecular flexibility index (Phi) is 14.0. The smallest absolute Gasteiger partial charge is 0.589 e. The first-order valence-electron chi connectivity index (χ1n) is 14.6. The Morgan fingerprint density at radius 2 is 1.30 bits per heavy atom. The Bertz CT molecular complexity index is 2600. The summed E-state index contributed by atoms with van der Waals surface area (Å²) in [7, 11) is -3.63. The molecule has 0 spiro atoms. The van der Waals surface area contributed by atoms with Crippen molar-refractivity contribution in [3.63, 3.8) is 0 Å². The minimum absolute atomic E-state index is 0. The molecular formula is C32H25CoN9NaO10S+. The fraction of sp³-hybridized carbons (Fsp3) is 0.0312. The number of non-ortho nitro benzene ring substituents is 2. The van der Waals surface area contributed by atoms with Crippen LogP contribution in [0.25, 0.3) is 16.5 Å². The van der Waals surface area contributed by atoms with Crippen LogP contribution in [-0.4, -0.2) is 38.3 Å². The maximum absolute atomic E-state index is 12.6. The van der Waals surface area contributed by atoms with E-state index in [1.54, 1.807) is 12.1 Å². The zero-order valence-corrected chi connectivity index (χ0v) is 31.8. The number of phenols is 3. The van der Waals surface area contributed by atoms with Gasteiger partial charge in [-0.05, 0) is 47.9 Å². The number of nitro benzene ring substituents is 2. The number of azo groups is 2. The third kappa shape index (κ3) is 9.78. The molecular weight excluding hydrogens is 784 g/mol. The van der Waals surface area contributed by atoms with Crippen molar-refractivity contribution < 1.29 is 85.1 Å². The number of aryl methyl sites for hydroxylation is 1. The summed E-state index contributed by atoms with van der Waals surface area (Å²) in [5.41, 5.74) is -0.644. The molecule has 0 saturated heterocycles. The number of sulfonamides is 1. The predicted molar refractivity (Wildman–Crippen MR) is 184 cm³/mol. The van der Waals surface area contributed by atoms with Gasteiger partial charge in [0, 0.05) is 46.1 Å². The van der Waals surface area contributed by atoms with Crippen LogP contribution in [0.3, 0.4) is 0 Å². The largest absolute Gasteiger partial charge is 1.00 e. The van der Waals surface area contributed by atoms with Gasteiger partial charge in [-0.1, -0.05) is 37.3 Å². The summed E-state index contributed by atoms with van der Waals surface area (Å²) < 4.78 is 23.9. The minimum atomic E-state index is -3.63.